The maximum absolute atomic E-state index is 12.1. The second kappa shape index (κ2) is 6.15. The van der Waals surface area contributed by atoms with Crippen molar-refractivity contribution in [3.05, 3.63) is 29.8 Å². The van der Waals surface area contributed by atoms with Crippen LogP contribution in [-0.4, -0.2) is 31.3 Å². The second-order valence-electron chi connectivity index (χ2n) is 4.77. The van der Waals surface area contributed by atoms with Gasteiger partial charge in [0.2, 0.25) is 10.0 Å². The summed E-state index contributed by atoms with van der Waals surface area (Å²) in [6.45, 7) is 4.54. The van der Waals surface area contributed by atoms with Crippen molar-refractivity contribution in [2.45, 2.75) is 31.7 Å². The third kappa shape index (κ3) is 3.88. The number of Topliss-reactive ketones (excluding diaryl/α,β-unsaturated/α-hetero) is 1. The predicted molar refractivity (Wildman–Crippen MR) is 73.0 cm³/mol. The molecule has 0 heterocycles. The Morgan fingerprint density at radius 2 is 1.85 bits per heavy atom. The largest absolute Gasteiger partial charge is 0.480 e. The summed E-state index contributed by atoms with van der Waals surface area (Å²) >= 11 is 0. The van der Waals surface area contributed by atoms with Crippen molar-refractivity contribution in [1.29, 1.82) is 0 Å². The van der Waals surface area contributed by atoms with Crippen molar-refractivity contribution >= 4 is 21.8 Å². The SMILES string of the molecule is CC(=O)c1cccc(S(=O)(=O)NC(C(=O)O)C(C)C)c1. The van der Waals surface area contributed by atoms with Gasteiger partial charge in [0.25, 0.3) is 0 Å². The Balaban J connectivity index is 3.14. The average Bonchev–Trinajstić information content (AvgIpc) is 2.35. The summed E-state index contributed by atoms with van der Waals surface area (Å²) in [5.41, 5.74) is 0.254. The molecule has 1 unspecified atom stereocenters. The molecule has 1 atom stereocenters. The Hall–Kier alpha value is -1.73. The Bertz CT molecular complexity index is 621. The maximum Gasteiger partial charge on any atom is 0.322 e. The molecule has 1 aromatic rings. The molecular weight excluding hydrogens is 282 g/mol. The molecule has 2 N–H and O–H groups in total. The summed E-state index contributed by atoms with van der Waals surface area (Å²) in [4.78, 5) is 22.2. The van der Waals surface area contributed by atoms with E-state index >= 15 is 0 Å². The van der Waals surface area contributed by atoms with Gasteiger partial charge in [0.15, 0.2) is 5.78 Å². The number of aliphatic carboxylic acids is 1. The quantitative estimate of drug-likeness (QED) is 0.771. The molecule has 20 heavy (non-hydrogen) atoms. The molecule has 0 saturated carbocycles. The van der Waals surface area contributed by atoms with Gasteiger partial charge in [-0.1, -0.05) is 26.0 Å². The molecular formula is C13H17NO5S. The topological polar surface area (TPSA) is 101 Å². The number of benzene rings is 1. The smallest absolute Gasteiger partial charge is 0.322 e. The molecule has 0 radical (unpaired) electrons. The molecule has 0 fully saturated rings. The van der Waals surface area contributed by atoms with Crippen LogP contribution < -0.4 is 4.72 Å². The van der Waals surface area contributed by atoms with E-state index in [0.717, 1.165) is 0 Å². The van der Waals surface area contributed by atoms with E-state index in [1.54, 1.807) is 13.8 Å². The fourth-order valence-electron chi connectivity index (χ4n) is 1.59. The highest BCUT2D eigenvalue weighted by Crippen LogP contribution is 2.14. The molecule has 0 bridgehead atoms. The standard InChI is InChI=1S/C13H17NO5S/c1-8(2)12(13(16)17)14-20(18,19)11-6-4-5-10(7-11)9(3)15/h4-8,12,14H,1-3H3,(H,16,17). The summed E-state index contributed by atoms with van der Waals surface area (Å²) in [7, 11) is -3.99. The van der Waals surface area contributed by atoms with E-state index < -0.39 is 28.0 Å². The van der Waals surface area contributed by atoms with Gasteiger partial charge in [0.05, 0.1) is 4.90 Å². The molecule has 1 rings (SSSR count). The van der Waals surface area contributed by atoms with E-state index in [1.165, 1.54) is 31.2 Å². The summed E-state index contributed by atoms with van der Waals surface area (Å²) < 4.78 is 26.4. The Morgan fingerprint density at radius 3 is 2.30 bits per heavy atom. The van der Waals surface area contributed by atoms with Crippen LogP contribution in [0.15, 0.2) is 29.2 Å². The first-order valence-electron chi connectivity index (χ1n) is 6.01. The lowest BCUT2D eigenvalue weighted by molar-refractivity contribution is -0.140. The molecule has 1 aromatic carbocycles. The van der Waals surface area contributed by atoms with Crippen LogP contribution in [0.25, 0.3) is 0 Å². The minimum Gasteiger partial charge on any atom is -0.480 e. The van der Waals surface area contributed by atoms with E-state index in [2.05, 4.69) is 4.72 Å². The zero-order chi connectivity index (χ0) is 15.5. The maximum atomic E-state index is 12.1. The van der Waals surface area contributed by atoms with Crippen LogP contribution in [0, 0.1) is 5.92 Å². The highest BCUT2D eigenvalue weighted by molar-refractivity contribution is 7.89. The number of rotatable bonds is 6. The number of sulfonamides is 1. The number of nitrogens with one attached hydrogen (secondary N) is 1. The van der Waals surface area contributed by atoms with E-state index in [0.29, 0.717) is 0 Å². The van der Waals surface area contributed by atoms with Gasteiger partial charge in [-0.15, -0.1) is 0 Å². The lowest BCUT2D eigenvalue weighted by Gasteiger charge is -2.18. The normalized spacial score (nSPS) is 13.2. The molecule has 0 aromatic heterocycles. The number of carboxylic acid groups (broad SMARTS) is 1. The molecule has 0 aliphatic rings. The highest BCUT2D eigenvalue weighted by Gasteiger charge is 2.28. The fourth-order valence-corrected chi connectivity index (χ4v) is 2.97. The van der Waals surface area contributed by atoms with Crippen molar-refractivity contribution < 1.29 is 23.1 Å². The van der Waals surface area contributed by atoms with Crippen LogP contribution in [0.2, 0.25) is 0 Å². The highest BCUT2D eigenvalue weighted by atomic mass is 32.2. The van der Waals surface area contributed by atoms with Gasteiger partial charge in [-0.25, -0.2) is 8.42 Å². The number of carboxylic acids is 1. The zero-order valence-corrected chi connectivity index (χ0v) is 12.3. The number of hydrogen-bond acceptors (Lipinski definition) is 4. The summed E-state index contributed by atoms with van der Waals surface area (Å²) in [6, 6.07) is 4.26. The van der Waals surface area contributed by atoms with Crippen LogP contribution >= 0.6 is 0 Å². The van der Waals surface area contributed by atoms with Gasteiger partial charge in [0.1, 0.15) is 6.04 Å². The third-order valence-corrected chi connectivity index (χ3v) is 4.20. The summed E-state index contributed by atoms with van der Waals surface area (Å²) in [5.74, 6) is -1.91. The van der Waals surface area contributed by atoms with Crippen molar-refractivity contribution in [3.63, 3.8) is 0 Å². The van der Waals surface area contributed by atoms with Gasteiger partial charge in [-0.2, -0.15) is 4.72 Å². The molecule has 0 spiro atoms. The molecule has 0 aliphatic carbocycles. The van der Waals surface area contributed by atoms with Crippen molar-refractivity contribution in [2.75, 3.05) is 0 Å². The van der Waals surface area contributed by atoms with Gasteiger partial charge in [-0.05, 0) is 25.0 Å². The molecule has 0 aliphatic heterocycles. The molecule has 7 heteroatoms. The minimum absolute atomic E-state index is 0.128. The number of hydrogen-bond donors (Lipinski definition) is 2. The van der Waals surface area contributed by atoms with Gasteiger partial charge in [-0.3, -0.25) is 9.59 Å². The van der Waals surface area contributed by atoms with Crippen LogP contribution in [-0.2, 0) is 14.8 Å². The second-order valence-corrected chi connectivity index (χ2v) is 6.48. The van der Waals surface area contributed by atoms with Crippen molar-refractivity contribution in [3.8, 4) is 0 Å². The summed E-state index contributed by atoms with van der Waals surface area (Å²) in [6.07, 6.45) is 0. The first kappa shape index (κ1) is 16.3. The molecule has 6 nitrogen and oxygen atoms in total. The van der Waals surface area contributed by atoms with Crippen LogP contribution in [0.5, 0.6) is 0 Å². The Kier molecular flexibility index (Phi) is 5.02. The Labute approximate surface area is 117 Å². The Morgan fingerprint density at radius 1 is 1.25 bits per heavy atom. The van der Waals surface area contributed by atoms with E-state index in [1.807, 2.05) is 0 Å². The number of carbonyl (C=O) groups is 2. The van der Waals surface area contributed by atoms with Gasteiger partial charge >= 0.3 is 5.97 Å². The first-order chi connectivity index (χ1) is 9.15. The number of ketones is 1. The van der Waals surface area contributed by atoms with Crippen LogP contribution in [0.4, 0.5) is 0 Å². The summed E-state index contributed by atoms with van der Waals surface area (Å²) in [5, 5.41) is 9.02. The van der Waals surface area contributed by atoms with Gasteiger partial charge in [0, 0.05) is 5.56 Å². The lowest BCUT2D eigenvalue weighted by atomic mass is 10.1. The fraction of sp³-hybridized carbons (Fsp3) is 0.385. The molecule has 0 amide bonds. The average molecular weight is 299 g/mol. The third-order valence-electron chi connectivity index (χ3n) is 2.77. The predicted octanol–water partition coefficient (Wildman–Crippen LogP) is 1.28. The first-order valence-corrected chi connectivity index (χ1v) is 7.49. The monoisotopic (exact) mass is 299 g/mol. The van der Waals surface area contributed by atoms with E-state index in [9.17, 15) is 18.0 Å². The van der Waals surface area contributed by atoms with Crippen molar-refractivity contribution in [1.82, 2.24) is 4.72 Å². The van der Waals surface area contributed by atoms with E-state index in [4.69, 9.17) is 5.11 Å². The van der Waals surface area contributed by atoms with Crippen LogP contribution in [0.1, 0.15) is 31.1 Å². The van der Waals surface area contributed by atoms with Gasteiger partial charge < -0.3 is 5.11 Å². The molecule has 110 valence electrons. The molecule has 0 saturated heterocycles. The lowest BCUT2D eigenvalue weighted by Crippen LogP contribution is -2.44. The number of carbonyl (C=O) groups excluding carboxylic acids is 1. The van der Waals surface area contributed by atoms with E-state index in [-0.39, 0.29) is 16.2 Å². The van der Waals surface area contributed by atoms with Crippen LogP contribution in [0.3, 0.4) is 0 Å². The minimum atomic E-state index is -3.99. The van der Waals surface area contributed by atoms with Crippen molar-refractivity contribution in [2.24, 2.45) is 5.92 Å². The zero-order valence-electron chi connectivity index (χ0n) is 11.5.